The van der Waals surface area contributed by atoms with Gasteiger partial charge in [0, 0.05) is 25.3 Å². The second-order valence-corrected chi connectivity index (χ2v) is 10.6. The van der Waals surface area contributed by atoms with Crippen molar-refractivity contribution in [2.75, 3.05) is 38.3 Å². The van der Waals surface area contributed by atoms with Crippen molar-refractivity contribution in [3.05, 3.63) is 40.1 Å². The van der Waals surface area contributed by atoms with Crippen LogP contribution in [0.3, 0.4) is 0 Å². The van der Waals surface area contributed by atoms with Crippen molar-refractivity contribution in [2.24, 2.45) is 0 Å². The van der Waals surface area contributed by atoms with Crippen LogP contribution in [-0.2, 0) is 26.0 Å². The molecule has 0 unspecified atom stereocenters. The Morgan fingerprint density at radius 1 is 1.06 bits per heavy atom. The average molecular weight is 479 g/mol. The number of sulfonamides is 1. The normalized spacial score (nSPS) is 17.0. The van der Waals surface area contributed by atoms with Crippen LogP contribution < -0.4 is 9.64 Å². The molecule has 172 valence electrons. The van der Waals surface area contributed by atoms with Crippen LogP contribution in [0.5, 0.6) is 5.75 Å². The van der Waals surface area contributed by atoms with E-state index in [0.29, 0.717) is 19.6 Å². The molecule has 0 bridgehead atoms. The summed E-state index contributed by atoms with van der Waals surface area (Å²) in [5.41, 5.74) is 1.78. The number of amides is 1. The van der Waals surface area contributed by atoms with Gasteiger partial charge in [-0.1, -0.05) is 6.42 Å². The fourth-order valence-electron chi connectivity index (χ4n) is 4.12. The van der Waals surface area contributed by atoms with Gasteiger partial charge in [-0.05, 0) is 60.9 Å². The minimum Gasteiger partial charge on any atom is -0.497 e. The van der Waals surface area contributed by atoms with Crippen LogP contribution in [0.2, 0.25) is 0 Å². The van der Waals surface area contributed by atoms with Crippen molar-refractivity contribution in [2.45, 2.75) is 37.0 Å². The Labute approximate surface area is 191 Å². The van der Waals surface area contributed by atoms with Gasteiger partial charge in [-0.2, -0.15) is 4.31 Å². The number of piperidine rings is 1. The first-order valence-electron chi connectivity index (χ1n) is 10.6. The molecule has 2 aliphatic heterocycles. The van der Waals surface area contributed by atoms with Crippen molar-refractivity contribution in [3.63, 3.8) is 0 Å². The van der Waals surface area contributed by atoms with E-state index in [-0.39, 0.29) is 15.7 Å². The second kappa shape index (κ2) is 9.60. The predicted octanol–water partition coefficient (Wildman–Crippen LogP) is 3.07. The number of hydrogen-bond acceptors (Lipinski definition) is 7. The number of fused-ring (bicyclic) bond motifs is 1. The lowest BCUT2D eigenvalue weighted by atomic mass is 10.0. The third kappa shape index (κ3) is 4.53. The Morgan fingerprint density at radius 3 is 2.59 bits per heavy atom. The molecule has 4 rings (SSSR count). The van der Waals surface area contributed by atoms with Crippen LogP contribution in [0.25, 0.3) is 0 Å². The van der Waals surface area contributed by atoms with Crippen LogP contribution in [0.15, 0.2) is 34.5 Å². The topological polar surface area (TPSA) is 93.2 Å². The molecular weight excluding hydrogens is 452 g/mol. The number of anilines is 1. The van der Waals surface area contributed by atoms with Crippen LogP contribution in [0.4, 0.5) is 5.69 Å². The van der Waals surface area contributed by atoms with Crippen LogP contribution >= 0.6 is 11.3 Å². The van der Waals surface area contributed by atoms with Crippen LogP contribution in [-0.4, -0.2) is 58.0 Å². The number of ether oxygens (including phenoxy) is 2. The summed E-state index contributed by atoms with van der Waals surface area (Å²) in [7, 11) is -2.17. The Hall–Kier alpha value is -2.43. The fraction of sp³-hybridized carbons (Fsp3) is 0.455. The maximum atomic E-state index is 13.0. The quantitative estimate of drug-likeness (QED) is 0.593. The molecular formula is C22H26N2O6S2. The summed E-state index contributed by atoms with van der Waals surface area (Å²) >= 11 is 1.01. The molecule has 0 atom stereocenters. The summed E-state index contributed by atoms with van der Waals surface area (Å²) in [6.07, 6.45) is 4.24. The number of thiophene rings is 1. The second-order valence-electron chi connectivity index (χ2n) is 7.80. The van der Waals surface area contributed by atoms with Gasteiger partial charge in [0.05, 0.1) is 7.11 Å². The van der Waals surface area contributed by atoms with Gasteiger partial charge in [0.25, 0.3) is 5.91 Å². The lowest BCUT2D eigenvalue weighted by molar-refractivity contribution is -0.121. The minimum absolute atomic E-state index is 0.00662. The zero-order chi connectivity index (χ0) is 22.7. The monoisotopic (exact) mass is 478 g/mol. The number of hydrogen-bond donors (Lipinski definition) is 0. The summed E-state index contributed by atoms with van der Waals surface area (Å²) in [5.74, 6) is -0.415. The highest BCUT2D eigenvalue weighted by atomic mass is 32.2. The van der Waals surface area contributed by atoms with E-state index < -0.39 is 22.6 Å². The highest BCUT2D eigenvalue weighted by Crippen LogP contribution is 2.31. The summed E-state index contributed by atoms with van der Waals surface area (Å²) in [6, 6.07) is 6.96. The molecule has 1 saturated heterocycles. The van der Waals surface area contributed by atoms with E-state index in [4.69, 9.17) is 9.47 Å². The maximum Gasteiger partial charge on any atom is 0.350 e. The molecule has 1 amide bonds. The molecule has 2 aliphatic rings. The SMILES string of the molecule is COc1ccc2c(c1)CCCN2C(=O)COC(=O)c1sccc1S(=O)(=O)N1CCCCC1. The van der Waals surface area contributed by atoms with Crippen molar-refractivity contribution in [1.82, 2.24) is 4.31 Å². The van der Waals surface area contributed by atoms with E-state index in [0.717, 1.165) is 60.4 Å². The Kier molecular flexibility index (Phi) is 6.82. The van der Waals surface area contributed by atoms with Crippen molar-refractivity contribution >= 4 is 38.9 Å². The number of benzene rings is 1. The molecule has 0 aliphatic carbocycles. The van der Waals surface area contributed by atoms with Gasteiger partial charge in [-0.15, -0.1) is 11.3 Å². The lowest BCUT2D eigenvalue weighted by Crippen LogP contribution is -2.38. The summed E-state index contributed by atoms with van der Waals surface area (Å²) < 4.78 is 37.9. The molecule has 10 heteroatoms. The molecule has 1 fully saturated rings. The zero-order valence-electron chi connectivity index (χ0n) is 17.9. The summed E-state index contributed by atoms with van der Waals surface area (Å²) in [6.45, 7) is 0.976. The molecule has 3 heterocycles. The summed E-state index contributed by atoms with van der Waals surface area (Å²) in [4.78, 5) is 27.1. The van der Waals surface area contributed by atoms with Gasteiger partial charge in [-0.3, -0.25) is 4.79 Å². The first kappa shape index (κ1) is 22.8. The molecule has 0 saturated carbocycles. The minimum atomic E-state index is -3.76. The number of methoxy groups -OCH3 is 1. The Morgan fingerprint density at radius 2 is 1.84 bits per heavy atom. The van der Waals surface area contributed by atoms with E-state index >= 15 is 0 Å². The van der Waals surface area contributed by atoms with Gasteiger partial charge in [0.15, 0.2) is 6.61 Å². The van der Waals surface area contributed by atoms with Gasteiger partial charge in [-0.25, -0.2) is 13.2 Å². The van der Waals surface area contributed by atoms with Crippen LogP contribution in [0.1, 0.15) is 40.9 Å². The molecule has 32 heavy (non-hydrogen) atoms. The molecule has 1 aromatic carbocycles. The molecule has 2 aromatic rings. The molecule has 0 spiro atoms. The summed E-state index contributed by atoms with van der Waals surface area (Å²) in [5, 5.41) is 1.56. The Bertz CT molecular complexity index is 1110. The van der Waals surface area contributed by atoms with E-state index in [9.17, 15) is 18.0 Å². The Balaban J connectivity index is 1.44. The van der Waals surface area contributed by atoms with Gasteiger partial charge < -0.3 is 14.4 Å². The number of rotatable bonds is 6. The fourth-order valence-corrected chi connectivity index (χ4v) is 6.92. The van der Waals surface area contributed by atoms with Crippen LogP contribution in [0, 0.1) is 0 Å². The van der Waals surface area contributed by atoms with Gasteiger partial charge in [0.2, 0.25) is 10.0 Å². The van der Waals surface area contributed by atoms with E-state index in [1.807, 2.05) is 12.1 Å². The van der Waals surface area contributed by atoms with Crippen molar-refractivity contribution in [1.29, 1.82) is 0 Å². The number of esters is 1. The van der Waals surface area contributed by atoms with Gasteiger partial charge >= 0.3 is 5.97 Å². The zero-order valence-corrected chi connectivity index (χ0v) is 19.5. The van der Waals surface area contributed by atoms with Gasteiger partial charge in [0.1, 0.15) is 15.5 Å². The average Bonchev–Trinajstić information content (AvgIpc) is 3.33. The van der Waals surface area contributed by atoms with E-state index in [1.54, 1.807) is 23.5 Å². The largest absolute Gasteiger partial charge is 0.497 e. The first-order chi connectivity index (χ1) is 15.4. The smallest absolute Gasteiger partial charge is 0.350 e. The standard InChI is InChI=1S/C22H26N2O6S2/c1-29-17-7-8-18-16(14-17)6-5-12-24(18)20(25)15-30-22(26)21-19(9-13-31-21)32(27,28)23-10-3-2-4-11-23/h7-9,13-14H,2-6,10-12,15H2,1H3. The molecule has 1 aromatic heterocycles. The molecule has 8 nitrogen and oxygen atoms in total. The first-order valence-corrected chi connectivity index (χ1v) is 13.0. The number of carbonyl (C=O) groups is 2. The lowest BCUT2D eigenvalue weighted by Gasteiger charge is -2.29. The van der Waals surface area contributed by atoms with E-state index in [2.05, 4.69) is 0 Å². The maximum absolute atomic E-state index is 13.0. The molecule has 0 radical (unpaired) electrons. The number of nitrogens with zero attached hydrogens (tertiary/aromatic N) is 2. The third-order valence-corrected chi connectivity index (χ3v) is 8.75. The third-order valence-electron chi connectivity index (χ3n) is 5.78. The highest BCUT2D eigenvalue weighted by Gasteiger charge is 2.32. The predicted molar refractivity (Wildman–Crippen MR) is 121 cm³/mol. The van der Waals surface area contributed by atoms with E-state index in [1.165, 1.54) is 10.4 Å². The van der Waals surface area contributed by atoms with Crippen molar-refractivity contribution in [3.8, 4) is 5.75 Å². The van der Waals surface area contributed by atoms with Crippen molar-refractivity contribution < 1.29 is 27.5 Å². The number of aryl methyl sites for hydroxylation is 1. The highest BCUT2D eigenvalue weighted by molar-refractivity contribution is 7.89. The molecule has 0 N–H and O–H groups in total. The number of carbonyl (C=O) groups excluding carboxylic acids is 2.